The second kappa shape index (κ2) is 28.9. The van der Waals surface area contributed by atoms with Crippen LogP contribution in [0.25, 0.3) is 0 Å². The van der Waals surface area contributed by atoms with Crippen molar-refractivity contribution < 1.29 is 119 Å². The molecular weight excluding hydrogens is 1260 g/mol. The molecule has 0 spiro atoms. The summed E-state index contributed by atoms with van der Waals surface area (Å²) in [5.41, 5.74) is -18.3. The Bertz CT molecular complexity index is 3120. The number of alkyl halides is 9. The minimum Gasteiger partial charge on any atom is -0.508 e. The van der Waals surface area contributed by atoms with E-state index in [1.165, 1.54) is 46.6 Å². The third-order valence-electron chi connectivity index (χ3n) is 9.83. The number of nitrogens with zero attached hydrogens (tertiary/aromatic N) is 1. The van der Waals surface area contributed by atoms with Crippen molar-refractivity contribution in [2.45, 2.75) is 55.4 Å². The van der Waals surface area contributed by atoms with E-state index in [0.29, 0.717) is 20.7 Å². The first-order valence-electron chi connectivity index (χ1n) is 21.2. The van der Waals surface area contributed by atoms with Crippen LogP contribution in [0.4, 0.5) is 45.2 Å². The van der Waals surface area contributed by atoms with Crippen LogP contribution in [-0.4, -0.2) is 93.6 Å². The van der Waals surface area contributed by atoms with Crippen LogP contribution in [0, 0.1) is 0 Å². The van der Waals surface area contributed by atoms with Crippen LogP contribution >= 0.6 is 50.0 Å². The third-order valence-corrected chi connectivity index (χ3v) is 17.2. The van der Waals surface area contributed by atoms with Crippen molar-refractivity contribution in [2.24, 2.45) is 0 Å². The van der Waals surface area contributed by atoms with Gasteiger partial charge >= 0.3 is 69.2 Å². The predicted molar refractivity (Wildman–Crippen MR) is 277 cm³/mol. The minimum absolute atomic E-state index is 0.245. The van der Waals surface area contributed by atoms with Gasteiger partial charge in [-0.3, -0.25) is 9.13 Å². The number of hydrogen-bond acceptors (Lipinski definition) is 19. The van der Waals surface area contributed by atoms with Gasteiger partial charge < -0.3 is 36.7 Å². The van der Waals surface area contributed by atoms with E-state index < -0.39 is 85.9 Å². The van der Waals surface area contributed by atoms with Crippen molar-refractivity contribution in [3.8, 4) is 11.5 Å². The minimum atomic E-state index is -6.49. The zero-order chi connectivity index (χ0) is 61.6. The first-order chi connectivity index (χ1) is 36.5. The Morgan fingerprint density at radius 3 is 1.12 bits per heavy atom. The third kappa shape index (κ3) is 20.9. The monoisotopic (exact) mass is 1310 g/mol. The van der Waals surface area contributed by atoms with E-state index in [1.807, 2.05) is 39.8 Å². The van der Waals surface area contributed by atoms with Gasteiger partial charge in [0.1, 0.15) is 11.5 Å². The van der Waals surface area contributed by atoms with Crippen molar-refractivity contribution in [3.05, 3.63) is 142 Å². The highest BCUT2D eigenvalue weighted by molar-refractivity contribution is 7.88. The number of aromatic hydroxyl groups is 1. The highest BCUT2D eigenvalue weighted by Gasteiger charge is 2.54. The SMILES string of the molecule is COP(=O)(OC)c1ccc(B2OC(C)(C)C(C)(C)O2)cc1.COP(=O)(OC)c1ccc(Cl)cc1.O=S(=O)(ON(OS(=O)(=O)C(F)(F)F)c1ccccc1)C(F)(F)F.O=S(=O)(Oc1ccc(Cl)cc1)C(F)(F)F.Oc1ccc(Cl)cc1. The van der Waals surface area contributed by atoms with E-state index in [1.54, 1.807) is 60.7 Å². The summed E-state index contributed by atoms with van der Waals surface area (Å²) in [4.78, 5) is 0. The molecule has 1 N–H and O–H groups in total. The van der Waals surface area contributed by atoms with E-state index in [2.05, 4.69) is 12.8 Å². The number of hydrogen-bond donors (Lipinski definition) is 1. The summed E-state index contributed by atoms with van der Waals surface area (Å²) in [6.45, 7) is 8.02. The Hall–Kier alpha value is -4.21. The molecule has 1 fully saturated rings. The molecular formula is C43H46BCl3F9NO18P2S3. The molecule has 0 aliphatic carbocycles. The van der Waals surface area contributed by atoms with E-state index in [9.17, 15) is 73.9 Å². The molecule has 0 bridgehead atoms. The molecule has 80 heavy (non-hydrogen) atoms. The Kier molecular flexibility index (Phi) is 25.9. The number of anilines is 1. The molecule has 446 valence electrons. The number of rotatable bonds is 14. The summed E-state index contributed by atoms with van der Waals surface area (Å²) in [6, 6.07) is 29.2. The quantitative estimate of drug-likeness (QED) is 0.0271. The summed E-state index contributed by atoms with van der Waals surface area (Å²) < 4.78 is 239. The first kappa shape index (κ1) is 71.9. The molecule has 1 aliphatic rings. The molecule has 0 radical (unpaired) electrons. The number of halogens is 12. The van der Waals surface area contributed by atoms with Crippen molar-refractivity contribution in [3.63, 3.8) is 0 Å². The highest BCUT2D eigenvalue weighted by atomic mass is 35.5. The Morgan fingerprint density at radius 2 is 0.812 bits per heavy atom. The molecule has 6 rings (SSSR count). The summed E-state index contributed by atoms with van der Waals surface area (Å²) >= 11 is 16.6. The molecule has 0 aromatic heterocycles. The zero-order valence-corrected chi connectivity index (χ0v) is 48.7. The van der Waals surface area contributed by atoms with Crippen LogP contribution in [0.2, 0.25) is 15.1 Å². The Morgan fingerprint density at radius 1 is 0.500 bits per heavy atom. The molecule has 5 aromatic rings. The molecule has 1 saturated heterocycles. The second-order valence-corrected chi connectivity index (χ2v) is 26.2. The van der Waals surface area contributed by atoms with Crippen LogP contribution in [0.1, 0.15) is 27.7 Å². The average molecular weight is 1310 g/mol. The second-order valence-electron chi connectivity index (χ2n) is 15.8. The smallest absolute Gasteiger partial charge is 0.508 e. The maximum absolute atomic E-state index is 12.3. The lowest BCUT2D eigenvalue weighted by molar-refractivity contribution is -0.0728. The normalized spacial score (nSPS) is 14.6. The summed E-state index contributed by atoms with van der Waals surface area (Å²) in [6.07, 6.45) is 0. The maximum atomic E-state index is 12.3. The van der Waals surface area contributed by atoms with Crippen LogP contribution < -0.4 is 25.5 Å². The van der Waals surface area contributed by atoms with Gasteiger partial charge in [-0.15, -0.1) is 8.57 Å². The van der Waals surface area contributed by atoms with Gasteiger partial charge in [-0.1, -0.05) is 70.4 Å². The van der Waals surface area contributed by atoms with Gasteiger partial charge in [0.2, 0.25) is 0 Å². The van der Waals surface area contributed by atoms with E-state index >= 15 is 0 Å². The lowest BCUT2D eigenvalue weighted by Gasteiger charge is -2.32. The molecule has 0 unspecified atom stereocenters. The topological polar surface area (TPSA) is 243 Å². The lowest BCUT2D eigenvalue weighted by atomic mass is 9.79. The highest BCUT2D eigenvalue weighted by Crippen LogP contribution is 2.46. The molecule has 1 aliphatic heterocycles. The number of phenols is 1. The number of phenolic OH excluding ortho intramolecular Hbond substituents is 1. The number of benzene rings is 5. The van der Waals surface area contributed by atoms with Crippen molar-refractivity contribution in [2.75, 3.05) is 33.7 Å². The van der Waals surface area contributed by atoms with Crippen LogP contribution in [0.15, 0.2) is 127 Å². The number of para-hydroxylation sites is 1. The van der Waals surface area contributed by atoms with Crippen molar-refractivity contribution >= 4 is 109 Å². The summed E-state index contributed by atoms with van der Waals surface area (Å²) in [7, 11) is -19.9. The standard InChI is InChI=1S/C14H22BO5P.C8H10ClO3P.C8H5F6NO6S2.C7H4ClF3O3S.C6H5ClO/c1-13(2)14(3,4)20-15(19-13)11-7-9-12(10-8-11)21(16,17-5)18-6;1-11-13(10,12-2)8-5-3-7(9)4-6-8;9-7(10,11)22(16,17)20-15(6-4-2-1-3-5-6)21-23(18,19)8(12,13)14;8-5-1-3-6(4-2-5)14-15(12,13)7(9,10)11;7-5-1-3-6(8)4-2-5/h7-10H,1-6H3;3-6H,1-2H3;1-5H;1-4H;1-4,8H. The van der Waals surface area contributed by atoms with Gasteiger partial charge in [-0.25, -0.2) is 0 Å². The first-order valence-corrected chi connectivity index (χ1v) is 29.6. The van der Waals surface area contributed by atoms with Crippen molar-refractivity contribution in [1.82, 2.24) is 0 Å². The molecule has 19 nitrogen and oxygen atoms in total. The van der Waals surface area contributed by atoms with Gasteiger partial charge in [0, 0.05) is 43.5 Å². The molecule has 1 heterocycles. The van der Waals surface area contributed by atoms with Gasteiger partial charge in [-0.2, -0.15) is 64.8 Å². The lowest BCUT2D eigenvalue weighted by Crippen LogP contribution is -2.41. The summed E-state index contributed by atoms with van der Waals surface area (Å²) in [5, 5.41) is 10.2. The largest absolute Gasteiger partial charge is 0.534 e. The molecule has 5 aromatic carbocycles. The van der Waals surface area contributed by atoms with Crippen molar-refractivity contribution in [1.29, 1.82) is 0 Å². The van der Waals surface area contributed by atoms with Gasteiger partial charge in [-0.05, 0) is 130 Å². The fraction of sp³-hybridized carbons (Fsp3) is 0.302. The predicted octanol–water partition coefficient (Wildman–Crippen LogP) is 11.2. The van der Waals surface area contributed by atoms with E-state index in [0.717, 1.165) is 41.9 Å². The Labute approximate surface area is 469 Å². The Balaban J connectivity index is 0.000000354. The fourth-order valence-electron chi connectivity index (χ4n) is 5.00. The van der Waals surface area contributed by atoms with Gasteiger partial charge in [0.05, 0.1) is 27.5 Å². The molecule has 0 saturated carbocycles. The fourth-order valence-corrected chi connectivity index (χ4v) is 8.81. The van der Waals surface area contributed by atoms with Crippen LogP contribution in [0.5, 0.6) is 11.5 Å². The molecule has 0 amide bonds. The maximum Gasteiger partial charge on any atom is 0.534 e. The van der Waals surface area contributed by atoms with Crippen LogP contribution in [-0.2, 0) is 75.5 Å². The summed E-state index contributed by atoms with van der Waals surface area (Å²) in [5.74, 6) is -0.203. The van der Waals surface area contributed by atoms with Gasteiger partial charge in [0.15, 0.2) is 0 Å². The molecule has 0 atom stereocenters. The average Bonchev–Trinajstić information content (AvgIpc) is 3.60. The van der Waals surface area contributed by atoms with Gasteiger partial charge in [0.25, 0.3) is 0 Å². The van der Waals surface area contributed by atoms with Crippen LogP contribution in [0.3, 0.4) is 0 Å². The van der Waals surface area contributed by atoms with E-state index in [4.69, 9.17) is 67.3 Å². The molecule has 37 heteroatoms. The zero-order valence-electron chi connectivity index (χ0n) is 42.2. The van der Waals surface area contributed by atoms with E-state index in [-0.39, 0.29) is 22.0 Å².